The molecule has 0 saturated carbocycles. The van der Waals surface area contributed by atoms with E-state index in [9.17, 15) is 9.59 Å². The Morgan fingerprint density at radius 2 is 2.21 bits per heavy atom. The minimum absolute atomic E-state index is 0.0784. The lowest BCUT2D eigenvalue weighted by molar-refractivity contribution is -0.143. The van der Waals surface area contributed by atoms with Crippen LogP contribution in [0.3, 0.4) is 0 Å². The quantitative estimate of drug-likeness (QED) is 0.902. The highest BCUT2D eigenvalue weighted by Crippen LogP contribution is 2.24. The largest absolute Gasteiger partial charge is 0.479 e. The first-order valence-electron chi connectivity index (χ1n) is 6.04. The Morgan fingerprint density at radius 3 is 2.89 bits per heavy atom. The molecule has 1 unspecified atom stereocenters. The summed E-state index contributed by atoms with van der Waals surface area (Å²) >= 11 is 5.97. The Labute approximate surface area is 116 Å². The Morgan fingerprint density at radius 1 is 1.47 bits per heavy atom. The zero-order chi connectivity index (χ0) is 13.8. The summed E-state index contributed by atoms with van der Waals surface area (Å²) in [5.41, 5.74) is 0. The first kappa shape index (κ1) is 13.7. The Balaban J connectivity index is 1.99. The summed E-state index contributed by atoms with van der Waals surface area (Å²) in [4.78, 5) is 24.9. The van der Waals surface area contributed by atoms with E-state index in [1.807, 2.05) is 0 Å². The average Bonchev–Trinajstić information content (AvgIpc) is 2.40. The van der Waals surface area contributed by atoms with Gasteiger partial charge in [-0.2, -0.15) is 0 Å². The van der Waals surface area contributed by atoms with Crippen LogP contribution in [0.5, 0.6) is 5.75 Å². The number of hydrogen-bond donors (Lipinski definition) is 1. The van der Waals surface area contributed by atoms with E-state index >= 15 is 0 Å². The van der Waals surface area contributed by atoms with Crippen LogP contribution in [-0.4, -0.2) is 42.5 Å². The second kappa shape index (κ2) is 5.93. The van der Waals surface area contributed by atoms with Crippen molar-refractivity contribution in [1.29, 1.82) is 0 Å². The van der Waals surface area contributed by atoms with Crippen molar-refractivity contribution in [2.24, 2.45) is 0 Å². The van der Waals surface area contributed by atoms with Gasteiger partial charge >= 0.3 is 0 Å². The molecule has 0 bridgehead atoms. The number of halogens is 1. The van der Waals surface area contributed by atoms with E-state index in [4.69, 9.17) is 16.3 Å². The molecular formula is C13H15ClN2O3. The topological polar surface area (TPSA) is 58.6 Å². The molecule has 1 aliphatic rings. The molecule has 2 amide bonds. The molecule has 6 heteroatoms. The van der Waals surface area contributed by atoms with E-state index in [0.717, 1.165) is 0 Å². The van der Waals surface area contributed by atoms with Gasteiger partial charge < -0.3 is 15.0 Å². The predicted octanol–water partition coefficient (Wildman–Crippen LogP) is 1.07. The number of amides is 2. The second-order valence-corrected chi connectivity index (χ2v) is 4.71. The predicted molar refractivity (Wildman–Crippen MR) is 71.1 cm³/mol. The fourth-order valence-corrected chi connectivity index (χ4v) is 2.05. The van der Waals surface area contributed by atoms with Crippen LogP contribution in [0.4, 0.5) is 0 Å². The van der Waals surface area contributed by atoms with Crippen LogP contribution in [0.1, 0.15) is 6.92 Å². The zero-order valence-corrected chi connectivity index (χ0v) is 11.3. The van der Waals surface area contributed by atoms with E-state index in [1.165, 1.54) is 4.90 Å². The van der Waals surface area contributed by atoms with Gasteiger partial charge in [-0.1, -0.05) is 23.7 Å². The van der Waals surface area contributed by atoms with Gasteiger partial charge in [0.05, 0.1) is 11.6 Å². The average molecular weight is 283 g/mol. The van der Waals surface area contributed by atoms with E-state index < -0.39 is 6.10 Å². The third-order valence-corrected chi connectivity index (χ3v) is 3.15. The number of carbonyl (C=O) groups excluding carboxylic acids is 2. The maximum absolute atomic E-state index is 12.1. The van der Waals surface area contributed by atoms with Crippen molar-refractivity contribution in [3.8, 4) is 5.75 Å². The van der Waals surface area contributed by atoms with Crippen LogP contribution in [0, 0.1) is 0 Å². The third-order valence-electron chi connectivity index (χ3n) is 2.84. The van der Waals surface area contributed by atoms with Gasteiger partial charge in [0.2, 0.25) is 5.91 Å². The van der Waals surface area contributed by atoms with Crippen molar-refractivity contribution >= 4 is 23.4 Å². The molecule has 19 heavy (non-hydrogen) atoms. The number of nitrogens with one attached hydrogen (secondary N) is 1. The second-order valence-electron chi connectivity index (χ2n) is 4.30. The Bertz CT molecular complexity index is 493. The summed E-state index contributed by atoms with van der Waals surface area (Å²) in [6.45, 7) is 2.71. The van der Waals surface area contributed by atoms with Gasteiger partial charge in [0.1, 0.15) is 5.75 Å². The minimum atomic E-state index is -0.675. The molecule has 0 radical (unpaired) electrons. The van der Waals surface area contributed by atoms with Gasteiger partial charge in [0.25, 0.3) is 5.91 Å². The maximum atomic E-state index is 12.1. The van der Waals surface area contributed by atoms with Crippen molar-refractivity contribution in [2.75, 3.05) is 19.6 Å². The van der Waals surface area contributed by atoms with Gasteiger partial charge in [0.15, 0.2) is 6.10 Å². The monoisotopic (exact) mass is 282 g/mol. The van der Waals surface area contributed by atoms with Crippen molar-refractivity contribution < 1.29 is 14.3 Å². The van der Waals surface area contributed by atoms with Crippen molar-refractivity contribution in [3.05, 3.63) is 29.3 Å². The van der Waals surface area contributed by atoms with Crippen LogP contribution in [0.25, 0.3) is 0 Å². The van der Waals surface area contributed by atoms with Gasteiger partial charge in [-0.05, 0) is 19.1 Å². The Hall–Kier alpha value is -1.75. The highest BCUT2D eigenvalue weighted by molar-refractivity contribution is 6.32. The molecule has 0 aliphatic carbocycles. The Kier molecular flexibility index (Phi) is 4.27. The van der Waals surface area contributed by atoms with Gasteiger partial charge in [0, 0.05) is 13.1 Å². The van der Waals surface area contributed by atoms with Crippen LogP contribution in [-0.2, 0) is 9.59 Å². The lowest BCUT2D eigenvalue weighted by Crippen LogP contribution is -2.53. The molecule has 0 spiro atoms. The molecule has 1 atom stereocenters. The molecule has 1 fully saturated rings. The molecule has 1 aliphatic heterocycles. The summed E-state index contributed by atoms with van der Waals surface area (Å²) in [5, 5.41) is 3.13. The van der Waals surface area contributed by atoms with Gasteiger partial charge in [-0.15, -0.1) is 0 Å². The number of rotatable bonds is 3. The van der Waals surface area contributed by atoms with E-state index in [-0.39, 0.29) is 18.4 Å². The van der Waals surface area contributed by atoms with Crippen LogP contribution in [0.2, 0.25) is 5.02 Å². The van der Waals surface area contributed by atoms with E-state index in [2.05, 4.69) is 5.32 Å². The lowest BCUT2D eigenvalue weighted by Gasteiger charge is -2.29. The molecule has 1 heterocycles. The van der Waals surface area contributed by atoms with Crippen molar-refractivity contribution in [1.82, 2.24) is 10.2 Å². The summed E-state index contributed by atoms with van der Waals surface area (Å²) in [5.74, 6) is 0.103. The molecule has 1 aromatic carbocycles. The first-order chi connectivity index (χ1) is 9.08. The van der Waals surface area contributed by atoms with Crippen LogP contribution >= 0.6 is 11.6 Å². The number of nitrogens with zero attached hydrogens (tertiary/aromatic N) is 1. The zero-order valence-electron chi connectivity index (χ0n) is 10.6. The molecule has 1 saturated heterocycles. The molecule has 5 nitrogen and oxygen atoms in total. The third kappa shape index (κ3) is 3.38. The molecule has 1 N–H and O–H groups in total. The fraction of sp³-hybridized carbons (Fsp3) is 0.385. The number of hydrogen-bond acceptors (Lipinski definition) is 3. The summed E-state index contributed by atoms with van der Waals surface area (Å²) < 4.78 is 5.54. The van der Waals surface area contributed by atoms with Crippen molar-refractivity contribution in [3.63, 3.8) is 0 Å². The highest BCUT2D eigenvalue weighted by Gasteiger charge is 2.26. The molecular weight excluding hydrogens is 268 g/mol. The standard InChI is InChI=1S/C13H15ClN2O3/c1-9(19-11-5-3-2-4-10(11)14)13(18)16-7-6-15-12(17)8-16/h2-5,9H,6-8H2,1H3,(H,15,17). The van der Waals surface area contributed by atoms with E-state index in [0.29, 0.717) is 23.9 Å². The SMILES string of the molecule is CC(Oc1ccccc1Cl)C(=O)N1CCNC(=O)C1. The van der Waals surface area contributed by atoms with E-state index in [1.54, 1.807) is 31.2 Å². The summed E-state index contributed by atoms with van der Waals surface area (Å²) in [6, 6.07) is 6.97. The summed E-state index contributed by atoms with van der Waals surface area (Å²) in [6.07, 6.45) is -0.675. The number of benzene rings is 1. The number of carbonyl (C=O) groups is 2. The van der Waals surface area contributed by atoms with Crippen LogP contribution < -0.4 is 10.1 Å². The molecule has 2 rings (SSSR count). The fourth-order valence-electron chi connectivity index (χ4n) is 1.86. The normalized spacial score (nSPS) is 16.7. The smallest absolute Gasteiger partial charge is 0.263 e. The van der Waals surface area contributed by atoms with Crippen molar-refractivity contribution in [2.45, 2.75) is 13.0 Å². The van der Waals surface area contributed by atoms with Gasteiger partial charge in [-0.3, -0.25) is 9.59 Å². The van der Waals surface area contributed by atoms with Crippen LogP contribution in [0.15, 0.2) is 24.3 Å². The maximum Gasteiger partial charge on any atom is 0.263 e. The number of para-hydroxylation sites is 1. The molecule has 1 aromatic rings. The lowest BCUT2D eigenvalue weighted by atomic mass is 10.2. The number of piperazine rings is 1. The minimum Gasteiger partial charge on any atom is -0.479 e. The summed E-state index contributed by atoms with van der Waals surface area (Å²) in [7, 11) is 0. The number of ether oxygens (including phenoxy) is 1. The molecule has 102 valence electrons. The first-order valence-corrected chi connectivity index (χ1v) is 6.42. The van der Waals surface area contributed by atoms with Gasteiger partial charge in [-0.25, -0.2) is 0 Å². The molecule has 0 aromatic heterocycles. The highest BCUT2D eigenvalue weighted by atomic mass is 35.5.